The molecule has 0 fully saturated rings. The van der Waals surface area contributed by atoms with Crippen LogP contribution in [0.15, 0.2) is 29.5 Å². The second-order valence-electron chi connectivity index (χ2n) is 7.03. The number of hydrogen-bond donors (Lipinski definition) is 2. The Hall–Kier alpha value is -2.50. The molecule has 2 atom stereocenters. The number of Topliss-reactive ketones (excluding diaryl/α,β-unsaturated/α-hetero) is 1. The van der Waals surface area contributed by atoms with E-state index in [1.54, 1.807) is 17.0 Å². The van der Waals surface area contributed by atoms with Crippen molar-refractivity contribution >= 4 is 11.7 Å². The third-order valence-corrected chi connectivity index (χ3v) is 5.20. The molecule has 0 radical (unpaired) electrons. The standard InChI is InChI=1S/C21H29NO5/c1-5-7-8-14(6-2)12-22-19(18(13(3)23)20(25)21(22)26)15-9-10-16(24)17(11-15)27-4/h9-11,14,19,24-25H,5-8,12H2,1-4H3/t14-,19-/m1/s1. The molecule has 0 saturated heterocycles. The number of amides is 1. The molecule has 1 aromatic carbocycles. The molecule has 1 heterocycles. The van der Waals surface area contributed by atoms with Crippen molar-refractivity contribution in [3.8, 4) is 11.5 Å². The van der Waals surface area contributed by atoms with E-state index in [0.29, 0.717) is 12.1 Å². The summed E-state index contributed by atoms with van der Waals surface area (Å²) < 4.78 is 5.17. The lowest BCUT2D eigenvalue weighted by Gasteiger charge is -2.30. The van der Waals surface area contributed by atoms with Gasteiger partial charge < -0.3 is 19.8 Å². The molecule has 1 amide bonds. The molecule has 2 rings (SSSR count). The van der Waals surface area contributed by atoms with E-state index < -0.39 is 17.7 Å². The van der Waals surface area contributed by atoms with Gasteiger partial charge in [0.05, 0.1) is 18.7 Å². The Kier molecular flexibility index (Phi) is 6.88. The van der Waals surface area contributed by atoms with Crippen molar-refractivity contribution in [3.63, 3.8) is 0 Å². The molecule has 1 aliphatic rings. The van der Waals surface area contributed by atoms with E-state index in [1.807, 2.05) is 0 Å². The monoisotopic (exact) mass is 375 g/mol. The SMILES string of the molecule is CCCC[C@@H](CC)CN1C(=O)C(O)=C(C(C)=O)[C@H]1c1ccc(O)c(OC)c1. The van der Waals surface area contributed by atoms with Gasteiger partial charge >= 0.3 is 0 Å². The Morgan fingerprint density at radius 2 is 2.00 bits per heavy atom. The van der Waals surface area contributed by atoms with Gasteiger partial charge in [-0.15, -0.1) is 0 Å². The molecule has 6 heteroatoms. The number of benzene rings is 1. The van der Waals surface area contributed by atoms with Crippen molar-refractivity contribution in [2.75, 3.05) is 13.7 Å². The van der Waals surface area contributed by atoms with Crippen LogP contribution in [0.5, 0.6) is 11.5 Å². The van der Waals surface area contributed by atoms with E-state index in [-0.39, 0.29) is 28.8 Å². The maximum absolute atomic E-state index is 12.7. The first-order chi connectivity index (χ1) is 12.8. The highest BCUT2D eigenvalue weighted by Crippen LogP contribution is 2.41. The van der Waals surface area contributed by atoms with Gasteiger partial charge in [-0.05, 0) is 37.0 Å². The maximum Gasteiger partial charge on any atom is 0.290 e. The van der Waals surface area contributed by atoms with Gasteiger partial charge in [0.25, 0.3) is 5.91 Å². The van der Waals surface area contributed by atoms with Gasteiger partial charge in [0.1, 0.15) is 0 Å². The van der Waals surface area contributed by atoms with E-state index >= 15 is 0 Å². The van der Waals surface area contributed by atoms with Crippen LogP contribution in [-0.4, -0.2) is 40.5 Å². The zero-order chi connectivity index (χ0) is 20.1. The fraction of sp³-hybridized carbons (Fsp3) is 0.524. The predicted octanol–water partition coefficient (Wildman–Crippen LogP) is 3.90. The number of methoxy groups -OCH3 is 1. The number of nitrogens with zero attached hydrogens (tertiary/aromatic N) is 1. The van der Waals surface area contributed by atoms with Crippen molar-refractivity contribution in [3.05, 3.63) is 35.1 Å². The van der Waals surface area contributed by atoms with E-state index in [2.05, 4.69) is 13.8 Å². The second kappa shape index (κ2) is 8.93. The number of aromatic hydroxyl groups is 1. The van der Waals surface area contributed by atoms with Gasteiger partial charge in [-0.25, -0.2) is 0 Å². The highest BCUT2D eigenvalue weighted by Gasteiger charge is 2.43. The average molecular weight is 375 g/mol. The number of ketones is 1. The third kappa shape index (κ3) is 4.26. The summed E-state index contributed by atoms with van der Waals surface area (Å²) in [7, 11) is 1.44. The molecule has 0 aromatic heterocycles. The molecular weight excluding hydrogens is 346 g/mol. The van der Waals surface area contributed by atoms with Crippen LogP contribution in [0.2, 0.25) is 0 Å². The molecule has 1 aliphatic heterocycles. The highest BCUT2D eigenvalue weighted by molar-refractivity contribution is 6.08. The van der Waals surface area contributed by atoms with Crippen LogP contribution in [0.4, 0.5) is 0 Å². The number of hydrogen-bond acceptors (Lipinski definition) is 5. The summed E-state index contributed by atoms with van der Waals surface area (Å²) in [6.45, 7) is 6.02. The van der Waals surface area contributed by atoms with Crippen LogP contribution >= 0.6 is 0 Å². The third-order valence-electron chi connectivity index (χ3n) is 5.20. The molecule has 148 valence electrons. The number of unbranched alkanes of at least 4 members (excludes halogenated alkanes) is 1. The minimum absolute atomic E-state index is 0.0240. The van der Waals surface area contributed by atoms with Gasteiger partial charge in [0.2, 0.25) is 0 Å². The first-order valence-corrected chi connectivity index (χ1v) is 9.47. The second-order valence-corrected chi connectivity index (χ2v) is 7.03. The van der Waals surface area contributed by atoms with Gasteiger partial charge in [-0.1, -0.05) is 39.2 Å². The summed E-state index contributed by atoms with van der Waals surface area (Å²) in [5.74, 6) is -0.829. The number of aliphatic hydroxyl groups is 1. The first-order valence-electron chi connectivity index (χ1n) is 9.47. The maximum atomic E-state index is 12.7. The number of aliphatic hydroxyl groups excluding tert-OH is 1. The van der Waals surface area contributed by atoms with E-state index in [0.717, 1.165) is 25.7 Å². The number of carbonyl (C=O) groups excluding carboxylic acids is 2. The van der Waals surface area contributed by atoms with Crippen LogP contribution in [0, 0.1) is 5.92 Å². The molecule has 0 unspecified atom stereocenters. The van der Waals surface area contributed by atoms with Gasteiger partial charge in [-0.3, -0.25) is 9.59 Å². The Morgan fingerprint density at radius 1 is 1.30 bits per heavy atom. The smallest absolute Gasteiger partial charge is 0.290 e. The van der Waals surface area contributed by atoms with Crippen molar-refractivity contribution in [1.29, 1.82) is 0 Å². The Labute approximate surface area is 160 Å². The summed E-state index contributed by atoms with van der Waals surface area (Å²) in [5, 5.41) is 20.2. The fourth-order valence-corrected chi connectivity index (χ4v) is 3.61. The minimum Gasteiger partial charge on any atom is -0.504 e. The van der Waals surface area contributed by atoms with Crippen molar-refractivity contribution in [2.45, 2.75) is 52.5 Å². The highest BCUT2D eigenvalue weighted by atomic mass is 16.5. The van der Waals surface area contributed by atoms with E-state index in [4.69, 9.17) is 4.74 Å². The zero-order valence-electron chi connectivity index (χ0n) is 16.5. The normalized spacial score (nSPS) is 18.1. The zero-order valence-corrected chi connectivity index (χ0v) is 16.5. The number of ether oxygens (including phenoxy) is 1. The van der Waals surface area contributed by atoms with Crippen molar-refractivity contribution in [2.24, 2.45) is 5.92 Å². The number of rotatable bonds is 9. The van der Waals surface area contributed by atoms with Crippen LogP contribution < -0.4 is 4.74 Å². The lowest BCUT2D eigenvalue weighted by molar-refractivity contribution is -0.130. The summed E-state index contributed by atoms with van der Waals surface area (Å²) >= 11 is 0. The van der Waals surface area contributed by atoms with Crippen LogP contribution in [0.1, 0.15) is 58.1 Å². The van der Waals surface area contributed by atoms with E-state index in [1.165, 1.54) is 20.1 Å². The number of phenolic OH excluding ortho intramolecular Hbond substituents is 1. The summed E-state index contributed by atoms with van der Waals surface area (Å²) in [6, 6.07) is 4.05. The predicted molar refractivity (Wildman–Crippen MR) is 103 cm³/mol. The Bertz CT molecular complexity index is 740. The summed E-state index contributed by atoms with van der Waals surface area (Å²) in [5.41, 5.74) is 0.718. The van der Waals surface area contributed by atoms with Crippen molar-refractivity contribution < 1.29 is 24.5 Å². The van der Waals surface area contributed by atoms with Crippen LogP contribution in [-0.2, 0) is 9.59 Å². The number of carbonyl (C=O) groups is 2. The molecular formula is C21H29NO5. The van der Waals surface area contributed by atoms with Crippen LogP contribution in [0.25, 0.3) is 0 Å². The lowest BCUT2D eigenvalue weighted by Crippen LogP contribution is -2.35. The topological polar surface area (TPSA) is 87.1 Å². The Morgan fingerprint density at radius 3 is 2.56 bits per heavy atom. The summed E-state index contributed by atoms with van der Waals surface area (Å²) in [4.78, 5) is 26.5. The van der Waals surface area contributed by atoms with Crippen molar-refractivity contribution in [1.82, 2.24) is 4.90 Å². The minimum atomic E-state index is -0.680. The molecule has 0 saturated carbocycles. The lowest BCUT2D eigenvalue weighted by atomic mass is 9.94. The average Bonchev–Trinajstić information content (AvgIpc) is 2.90. The fourth-order valence-electron chi connectivity index (χ4n) is 3.61. The first kappa shape index (κ1) is 20.8. The van der Waals surface area contributed by atoms with Crippen LogP contribution in [0.3, 0.4) is 0 Å². The quantitative estimate of drug-likeness (QED) is 0.683. The molecule has 0 spiro atoms. The largest absolute Gasteiger partial charge is 0.504 e. The van der Waals surface area contributed by atoms with Gasteiger partial charge in [-0.2, -0.15) is 0 Å². The van der Waals surface area contributed by atoms with E-state index in [9.17, 15) is 19.8 Å². The molecule has 27 heavy (non-hydrogen) atoms. The molecule has 0 aliphatic carbocycles. The molecule has 2 N–H and O–H groups in total. The van der Waals surface area contributed by atoms with Gasteiger partial charge in [0, 0.05) is 6.54 Å². The van der Waals surface area contributed by atoms with Gasteiger partial charge in [0.15, 0.2) is 23.0 Å². The molecule has 6 nitrogen and oxygen atoms in total. The number of phenols is 1. The molecule has 0 bridgehead atoms. The Balaban J connectivity index is 2.45. The summed E-state index contributed by atoms with van der Waals surface area (Å²) in [6.07, 6.45) is 4.03. The molecule has 1 aromatic rings.